The summed E-state index contributed by atoms with van der Waals surface area (Å²) in [5.74, 6) is 0.0814. The molecule has 0 fully saturated rings. The van der Waals surface area contributed by atoms with Crippen LogP contribution in [0.3, 0.4) is 0 Å². The van der Waals surface area contributed by atoms with Gasteiger partial charge in [-0.3, -0.25) is 4.79 Å². The molecule has 0 bridgehead atoms. The topological polar surface area (TPSA) is 89.3 Å². The fourth-order valence-electron chi connectivity index (χ4n) is 1.40. The largest absolute Gasteiger partial charge is 0.385 e. The molecule has 7 heteroatoms. The third-order valence-corrected chi connectivity index (χ3v) is 3.00. The molecule has 1 rings (SSSR count). The quantitative estimate of drug-likeness (QED) is 0.651. The highest BCUT2D eigenvalue weighted by Crippen LogP contribution is 2.26. The first-order valence-electron chi connectivity index (χ1n) is 5.85. The van der Waals surface area contributed by atoms with Gasteiger partial charge in [-0.05, 0) is 31.8 Å². The number of nitrogens with zero attached hydrogens (tertiary/aromatic N) is 1. The Hall–Kier alpha value is -1.34. The number of nitrogen functional groups attached to an aromatic ring is 1. The molecule has 0 aliphatic carbocycles. The lowest BCUT2D eigenvalue weighted by atomic mass is 10.2. The van der Waals surface area contributed by atoms with Crippen molar-refractivity contribution in [2.75, 3.05) is 31.3 Å². The van der Waals surface area contributed by atoms with E-state index in [2.05, 4.69) is 15.0 Å². The Labute approximate surface area is 111 Å². The summed E-state index contributed by atoms with van der Waals surface area (Å²) < 4.78 is 8.97. The number of methoxy groups -OCH3 is 1. The van der Waals surface area contributed by atoms with E-state index in [0.29, 0.717) is 17.2 Å². The van der Waals surface area contributed by atoms with E-state index in [1.54, 1.807) is 7.11 Å². The summed E-state index contributed by atoms with van der Waals surface area (Å²) in [4.78, 5) is 12.0. The third kappa shape index (κ3) is 4.15. The van der Waals surface area contributed by atoms with Crippen molar-refractivity contribution in [2.24, 2.45) is 0 Å². The predicted molar refractivity (Wildman–Crippen MR) is 74.1 cm³/mol. The lowest BCUT2D eigenvalue weighted by molar-refractivity contribution is 0.0945. The molecule has 1 aromatic rings. The second-order valence-corrected chi connectivity index (χ2v) is 4.95. The van der Waals surface area contributed by atoms with Gasteiger partial charge in [-0.25, -0.2) is 0 Å². The van der Waals surface area contributed by atoms with Crippen LogP contribution >= 0.6 is 11.5 Å². The minimum atomic E-state index is -0.189. The maximum absolute atomic E-state index is 12.0. The molecule has 18 heavy (non-hydrogen) atoms. The number of anilines is 2. The summed E-state index contributed by atoms with van der Waals surface area (Å²) in [5, 5.41) is 6.68. The Morgan fingerprint density at radius 1 is 1.56 bits per heavy atom. The molecule has 102 valence electrons. The van der Waals surface area contributed by atoms with Gasteiger partial charge in [0.25, 0.3) is 5.91 Å². The van der Waals surface area contributed by atoms with Gasteiger partial charge in [-0.15, -0.1) is 0 Å². The Kier molecular flexibility index (Phi) is 5.87. The molecule has 0 aromatic carbocycles. The fraction of sp³-hybridized carbons (Fsp3) is 0.636. The zero-order valence-electron chi connectivity index (χ0n) is 10.9. The molecule has 1 heterocycles. The van der Waals surface area contributed by atoms with Gasteiger partial charge in [0.15, 0.2) is 5.82 Å². The number of aromatic nitrogens is 1. The number of carbonyl (C=O) groups is 1. The molecule has 0 aliphatic heterocycles. The lowest BCUT2D eigenvalue weighted by Crippen LogP contribution is -2.30. The third-order valence-electron chi connectivity index (χ3n) is 2.18. The number of carbonyl (C=O) groups excluding carboxylic acids is 1. The van der Waals surface area contributed by atoms with E-state index in [9.17, 15) is 4.79 Å². The van der Waals surface area contributed by atoms with Gasteiger partial charge in [0, 0.05) is 26.3 Å². The molecule has 0 atom stereocenters. The molecule has 6 nitrogen and oxygen atoms in total. The molecule has 0 unspecified atom stereocenters. The highest BCUT2D eigenvalue weighted by molar-refractivity contribution is 7.11. The number of nitrogens with two attached hydrogens (primary N) is 1. The maximum atomic E-state index is 12.0. The van der Waals surface area contributed by atoms with E-state index in [0.717, 1.165) is 13.0 Å². The van der Waals surface area contributed by atoms with Crippen LogP contribution in [-0.4, -0.2) is 36.6 Å². The Morgan fingerprint density at radius 2 is 2.28 bits per heavy atom. The monoisotopic (exact) mass is 272 g/mol. The van der Waals surface area contributed by atoms with Gasteiger partial charge >= 0.3 is 0 Å². The molecular formula is C11H20N4O2S. The molecule has 0 saturated carbocycles. The zero-order valence-corrected chi connectivity index (χ0v) is 11.8. The van der Waals surface area contributed by atoms with Crippen LogP contribution in [0.5, 0.6) is 0 Å². The zero-order chi connectivity index (χ0) is 13.5. The maximum Gasteiger partial charge on any atom is 0.258 e. The Bertz CT molecular complexity index is 392. The minimum Gasteiger partial charge on any atom is -0.385 e. The van der Waals surface area contributed by atoms with Crippen molar-refractivity contribution >= 4 is 28.3 Å². The number of rotatable bonds is 7. The van der Waals surface area contributed by atoms with Crippen molar-refractivity contribution in [3.8, 4) is 0 Å². The first kappa shape index (κ1) is 14.7. The van der Waals surface area contributed by atoms with Gasteiger partial charge in [0.2, 0.25) is 0 Å². The predicted octanol–water partition coefficient (Wildman–Crippen LogP) is 1.31. The first-order chi connectivity index (χ1) is 8.56. The van der Waals surface area contributed by atoms with Crippen molar-refractivity contribution in [3.63, 3.8) is 0 Å². The van der Waals surface area contributed by atoms with E-state index in [1.165, 1.54) is 11.5 Å². The molecule has 0 radical (unpaired) electrons. The van der Waals surface area contributed by atoms with Gasteiger partial charge in [-0.2, -0.15) is 4.37 Å². The summed E-state index contributed by atoms with van der Waals surface area (Å²) >= 11 is 1.20. The van der Waals surface area contributed by atoms with Gasteiger partial charge < -0.3 is 21.1 Å². The number of ether oxygens (including phenoxy) is 1. The number of hydrogen-bond donors (Lipinski definition) is 3. The van der Waals surface area contributed by atoms with Crippen LogP contribution in [0.15, 0.2) is 0 Å². The van der Waals surface area contributed by atoms with Crippen molar-refractivity contribution in [2.45, 2.75) is 26.3 Å². The minimum absolute atomic E-state index is 0.0677. The number of hydrogen-bond acceptors (Lipinski definition) is 6. The molecule has 1 amide bonds. The lowest BCUT2D eigenvalue weighted by Gasteiger charge is -2.10. The first-order valence-corrected chi connectivity index (χ1v) is 6.62. The number of amides is 1. The van der Waals surface area contributed by atoms with Crippen molar-refractivity contribution in [3.05, 3.63) is 5.56 Å². The van der Waals surface area contributed by atoms with Crippen molar-refractivity contribution in [1.29, 1.82) is 0 Å². The molecular weight excluding hydrogens is 252 g/mol. The molecule has 0 saturated heterocycles. The average molecular weight is 272 g/mol. The van der Waals surface area contributed by atoms with Gasteiger partial charge in [-0.1, -0.05) is 0 Å². The SMILES string of the molecule is COCCCNc1snc(N)c1C(=O)NC(C)C. The van der Waals surface area contributed by atoms with Crippen LogP contribution in [0, 0.1) is 0 Å². The van der Waals surface area contributed by atoms with E-state index in [4.69, 9.17) is 10.5 Å². The molecule has 0 aliphatic rings. The van der Waals surface area contributed by atoms with Crippen LogP contribution in [-0.2, 0) is 4.74 Å². The number of nitrogens with one attached hydrogen (secondary N) is 2. The second-order valence-electron chi connectivity index (χ2n) is 4.17. The summed E-state index contributed by atoms with van der Waals surface area (Å²) in [6.07, 6.45) is 0.861. The van der Waals surface area contributed by atoms with Gasteiger partial charge in [0.1, 0.15) is 10.6 Å². The Morgan fingerprint density at radius 3 is 2.89 bits per heavy atom. The van der Waals surface area contributed by atoms with Crippen molar-refractivity contribution < 1.29 is 9.53 Å². The highest BCUT2D eigenvalue weighted by Gasteiger charge is 2.19. The highest BCUT2D eigenvalue weighted by atomic mass is 32.1. The smallest absolute Gasteiger partial charge is 0.258 e. The average Bonchev–Trinajstić information content (AvgIpc) is 2.65. The van der Waals surface area contributed by atoms with Crippen LogP contribution in [0.1, 0.15) is 30.6 Å². The van der Waals surface area contributed by atoms with Crippen LogP contribution < -0.4 is 16.4 Å². The Balaban J connectivity index is 2.66. The summed E-state index contributed by atoms with van der Waals surface area (Å²) in [5.41, 5.74) is 6.16. The van der Waals surface area contributed by atoms with Crippen LogP contribution in [0.25, 0.3) is 0 Å². The van der Waals surface area contributed by atoms with Crippen LogP contribution in [0.4, 0.5) is 10.8 Å². The van der Waals surface area contributed by atoms with E-state index in [1.807, 2.05) is 13.8 Å². The van der Waals surface area contributed by atoms with Crippen LogP contribution in [0.2, 0.25) is 0 Å². The van der Waals surface area contributed by atoms with Gasteiger partial charge in [0.05, 0.1) is 0 Å². The van der Waals surface area contributed by atoms with E-state index in [-0.39, 0.29) is 17.8 Å². The van der Waals surface area contributed by atoms with Crippen molar-refractivity contribution in [1.82, 2.24) is 9.69 Å². The standard InChI is InChI=1S/C11H20N4O2S/c1-7(2)14-10(16)8-9(12)15-18-11(8)13-5-4-6-17-3/h7,13H,4-6H2,1-3H3,(H2,12,15)(H,14,16). The fourth-order valence-corrected chi connectivity index (χ4v) is 2.13. The molecule has 1 aromatic heterocycles. The van der Waals surface area contributed by atoms with E-state index >= 15 is 0 Å². The normalized spacial score (nSPS) is 10.7. The second kappa shape index (κ2) is 7.17. The summed E-state index contributed by atoms with van der Waals surface area (Å²) in [7, 11) is 1.66. The summed E-state index contributed by atoms with van der Waals surface area (Å²) in [6, 6.07) is 0.0677. The van der Waals surface area contributed by atoms with E-state index < -0.39 is 0 Å². The molecule has 4 N–H and O–H groups in total. The summed E-state index contributed by atoms with van der Waals surface area (Å²) in [6.45, 7) is 5.20. The molecule has 0 spiro atoms.